The lowest BCUT2D eigenvalue weighted by atomic mass is 9.87. The third-order valence-corrected chi connectivity index (χ3v) is 3.26. The van der Waals surface area contributed by atoms with Gasteiger partial charge in [-0.1, -0.05) is 0 Å². The number of nitrogens with one attached hydrogen (secondary N) is 1. The van der Waals surface area contributed by atoms with Gasteiger partial charge in [-0.05, 0) is 5.92 Å². The van der Waals surface area contributed by atoms with Crippen molar-refractivity contribution >= 4 is 17.6 Å². The molecule has 0 aliphatic carbocycles. The molecule has 0 radical (unpaired) electrons. The molecule has 3 N–H and O–H groups in total. The molecule has 2 amide bonds. The Morgan fingerprint density at radius 2 is 2.21 bits per heavy atom. The van der Waals surface area contributed by atoms with E-state index in [0.717, 1.165) is 0 Å². The molecule has 1 saturated heterocycles. The number of rotatable bonds is 3. The number of hydrogen-bond donors (Lipinski definition) is 2. The van der Waals surface area contributed by atoms with Crippen LogP contribution in [0.5, 0.6) is 0 Å². The number of hydrogen-bond acceptors (Lipinski definition) is 4. The number of ether oxygens (including phenoxy) is 1. The van der Waals surface area contributed by atoms with Crippen LogP contribution in [0.15, 0.2) is 12.3 Å². The van der Waals surface area contributed by atoms with Gasteiger partial charge in [-0.15, -0.1) is 6.42 Å². The molecule has 0 bridgehead atoms. The molecular formula is C12H14N4O3. The van der Waals surface area contributed by atoms with E-state index in [9.17, 15) is 9.59 Å². The standard InChI is InChI=1S/C12H14N4O3/c1-2-10(17)16(9-3-6-14-15-9)12(11(13)18)4-7-19-8-5-12/h1,3,6H,4-5,7-8H2,(H2,13,18)(H,14,15). The lowest BCUT2D eigenvalue weighted by Crippen LogP contribution is -2.62. The van der Waals surface area contributed by atoms with Crippen LogP contribution in [0.4, 0.5) is 5.82 Å². The Balaban J connectivity index is 2.48. The topological polar surface area (TPSA) is 101 Å². The normalized spacial score (nSPS) is 17.4. The van der Waals surface area contributed by atoms with Crippen molar-refractivity contribution in [1.29, 1.82) is 0 Å². The Kier molecular flexibility index (Phi) is 3.53. The number of aromatic nitrogens is 2. The number of nitrogens with zero attached hydrogens (tertiary/aromatic N) is 2. The monoisotopic (exact) mass is 262 g/mol. The van der Waals surface area contributed by atoms with E-state index >= 15 is 0 Å². The van der Waals surface area contributed by atoms with Gasteiger partial charge in [-0.2, -0.15) is 5.10 Å². The summed E-state index contributed by atoms with van der Waals surface area (Å²) < 4.78 is 5.23. The molecule has 100 valence electrons. The molecule has 0 atom stereocenters. The highest BCUT2D eigenvalue weighted by Crippen LogP contribution is 2.31. The van der Waals surface area contributed by atoms with Crippen molar-refractivity contribution in [3.63, 3.8) is 0 Å². The lowest BCUT2D eigenvalue weighted by Gasteiger charge is -2.41. The van der Waals surface area contributed by atoms with E-state index in [2.05, 4.69) is 10.2 Å². The Hall–Kier alpha value is -2.33. The van der Waals surface area contributed by atoms with Crippen LogP contribution >= 0.6 is 0 Å². The number of carbonyl (C=O) groups excluding carboxylic acids is 2. The van der Waals surface area contributed by atoms with Crippen molar-refractivity contribution in [2.75, 3.05) is 18.1 Å². The highest BCUT2D eigenvalue weighted by Gasteiger charge is 2.47. The smallest absolute Gasteiger partial charge is 0.304 e. The van der Waals surface area contributed by atoms with Crippen molar-refractivity contribution in [3.8, 4) is 12.3 Å². The summed E-state index contributed by atoms with van der Waals surface area (Å²) in [6, 6.07) is 1.56. The Labute approximate surface area is 110 Å². The number of nitrogens with two attached hydrogens (primary N) is 1. The summed E-state index contributed by atoms with van der Waals surface area (Å²) in [6.45, 7) is 0.677. The minimum atomic E-state index is -1.17. The molecule has 0 spiro atoms. The molecule has 7 nitrogen and oxygen atoms in total. The fourth-order valence-electron chi connectivity index (χ4n) is 2.26. The summed E-state index contributed by atoms with van der Waals surface area (Å²) in [4.78, 5) is 25.1. The third kappa shape index (κ3) is 2.18. The van der Waals surface area contributed by atoms with E-state index in [1.807, 2.05) is 5.92 Å². The zero-order valence-corrected chi connectivity index (χ0v) is 10.3. The second kappa shape index (κ2) is 5.12. The van der Waals surface area contributed by atoms with Crippen LogP contribution in [0.25, 0.3) is 0 Å². The van der Waals surface area contributed by atoms with Crippen LogP contribution in [0.1, 0.15) is 12.8 Å². The molecule has 1 aromatic rings. The van der Waals surface area contributed by atoms with Gasteiger partial charge in [0, 0.05) is 32.1 Å². The van der Waals surface area contributed by atoms with Crippen molar-refractivity contribution in [2.24, 2.45) is 5.73 Å². The Morgan fingerprint density at radius 3 is 2.68 bits per heavy atom. The van der Waals surface area contributed by atoms with Crippen molar-refractivity contribution in [1.82, 2.24) is 10.2 Å². The minimum absolute atomic E-state index is 0.300. The number of primary amides is 1. The Morgan fingerprint density at radius 1 is 1.53 bits per heavy atom. The maximum Gasteiger partial charge on any atom is 0.304 e. The molecule has 1 aromatic heterocycles. The second-order valence-corrected chi connectivity index (χ2v) is 4.23. The number of anilines is 1. The van der Waals surface area contributed by atoms with Crippen LogP contribution in [-0.2, 0) is 14.3 Å². The number of carbonyl (C=O) groups is 2. The van der Waals surface area contributed by atoms with Gasteiger partial charge in [0.05, 0.1) is 6.20 Å². The van der Waals surface area contributed by atoms with E-state index in [0.29, 0.717) is 31.9 Å². The minimum Gasteiger partial charge on any atom is -0.381 e. The first-order valence-corrected chi connectivity index (χ1v) is 5.79. The molecule has 0 aromatic carbocycles. The van der Waals surface area contributed by atoms with E-state index in [4.69, 9.17) is 16.9 Å². The number of H-pyrrole nitrogens is 1. The zero-order chi connectivity index (χ0) is 13.9. The number of amides is 2. The third-order valence-electron chi connectivity index (χ3n) is 3.26. The summed E-state index contributed by atoms with van der Waals surface area (Å²) in [5.74, 6) is 1.13. The first-order valence-electron chi connectivity index (χ1n) is 5.79. The average molecular weight is 262 g/mol. The van der Waals surface area contributed by atoms with E-state index in [-0.39, 0.29) is 0 Å². The highest BCUT2D eigenvalue weighted by atomic mass is 16.5. The van der Waals surface area contributed by atoms with E-state index in [1.54, 1.807) is 6.07 Å². The van der Waals surface area contributed by atoms with Crippen molar-refractivity contribution in [3.05, 3.63) is 12.3 Å². The maximum atomic E-state index is 12.0. The molecule has 2 rings (SSSR count). The van der Waals surface area contributed by atoms with Gasteiger partial charge in [-0.3, -0.25) is 19.6 Å². The van der Waals surface area contributed by atoms with Crippen molar-refractivity contribution < 1.29 is 14.3 Å². The average Bonchev–Trinajstić information content (AvgIpc) is 2.93. The molecule has 19 heavy (non-hydrogen) atoms. The number of aromatic amines is 1. The van der Waals surface area contributed by atoms with Gasteiger partial charge >= 0.3 is 5.91 Å². The zero-order valence-electron chi connectivity index (χ0n) is 10.3. The van der Waals surface area contributed by atoms with Gasteiger partial charge < -0.3 is 10.5 Å². The summed E-state index contributed by atoms with van der Waals surface area (Å²) in [6.07, 6.45) is 7.26. The summed E-state index contributed by atoms with van der Waals surface area (Å²) >= 11 is 0. The van der Waals surface area contributed by atoms with Crippen LogP contribution in [0.3, 0.4) is 0 Å². The van der Waals surface area contributed by atoms with Crippen molar-refractivity contribution in [2.45, 2.75) is 18.4 Å². The first kappa shape index (κ1) is 13.1. The molecular weight excluding hydrogens is 248 g/mol. The molecule has 1 aliphatic heterocycles. The maximum absolute atomic E-state index is 12.0. The van der Waals surface area contributed by atoms with Gasteiger partial charge in [0.2, 0.25) is 5.91 Å². The predicted octanol–water partition coefficient (Wildman–Crippen LogP) is -0.590. The van der Waals surface area contributed by atoms with Gasteiger partial charge in [0.1, 0.15) is 11.4 Å². The lowest BCUT2D eigenvalue weighted by molar-refractivity contribution is -0.130. The van der Waals surface area contributed by atoms with Crippen LogP contribution in [0, 0.1) is 12.3 Å². The van der Waals surface area contributed by atoms with Gasteiger partial charge in [0.15, 0.2) is 0 Å². The second-order valence-electron chi connectivity index (χ2n) is 4.23. The summed E-state index contributed by atoms with van der Waals surface area (Å²) in [7, 11) is 0. The SMILES string of the molecule is C#CC(=O)N(c1ccn[nH]1)C1(C(N)=O)CCOCC1. The highest BCUT2D eigenvalue weighted by molar-refractivity contribution is 6.10. The molecule has 7 heteroatoms. The van der Waals surface area contributed by atoms with Crippen LogP contribution < -0.4 is 10.6 Å². The summed E-state index contributed by atoms with van der Waals surface area (Å²) in [5.41, 5.74) is 4.34. The first-order chi connectivity index (χ1) is 9.12. The number of terminal acetylenes is 1. The van der Waals surface area contributed by atoms with Gasteiger partial charge in [-0.25, -0.2) is 0 Å². The van der Waals surface area contributed by atoms with E-state index < -0.39 is 17.4 Å². The fourth-order valence-corrected chi connectivity index (χ4v) is 2.26. The van der Waals surface area contributed by atoms with Gasteiger partial charge in [0.25, 0.3) is 0 Å². The van der Waals surface area contributed by atoms with Crippen LogP contribution in [0.2, 0.25) is 0 Å². The molecule has 1 fully saturated rings. The predicted molar refractivity (Wildman–Crippen MR) is 66.9 cm³/mol. The largest absolute Gasteiger partial charge is 0.381 e. The molecule has 2 heterocycles. The van der Waals surface area contributed by atoms with Crippen LogP contribution in [-0.4, -0.2) is 40.8 Å². The molecule has 0 saturated carbocycles. The quantitative estimate of drug-likeness (QED) is 0.711. The summed E-state index contributed by atoms with van der Waals surface area (Å²) in [5, 5.41) is 6.41. The fraction of sp³-hybridized carbons (Fsp3) is 0.417. The Bertz CT molecular complexity index is 512. The molecule has 0 unspecified atom stereocenters. The molecule has 1 aliphatic rings. The van der Waals surface area contributed by atoms with E-state index in [1.165, 1.54) is 11.1 Å².